The highest BCUT2D eigenvalue weighted by atomic mass is 32.1. The van der Waals surface area contributed by atoms with Crippen LogP contribution < -0.4 is 10.1 Å². The molecule has 2 rings (SSSR count). The summed E-state index contributed by atoms with van der Waals surface area (Å²) in [5.41, 5.74) is 4.06. The van der Waals surface area contributed by atoms with Gasteiger partial charge in [0.2, 0.25) is 0 Å². The van der Waals surface area contributed by atoms with Crippen LogP contribution in [0.4, 0.5) is 0 Å². The van der Waals surface area contributed by atoms with Gasteiger partial charge in [-0.2, -0.15) is 0 Å². The van der Waals surface area contributed by atoms with Crippen molar-refractivity contribution < 1.29 is 4.74 Å². The van der Waals surface area contributed by atoms with Gasteiger partial charge in [0.15, 0.2) is 0 Å². The first-order valence-electron chi connectivity index (χ1n) is 6.06. The van der Waals surface area contributed by atoms with Gasteiger partial charge in [0.1, 0.15) is 12.4 Å². The van der Waals surface area contributed by atoms with Gasteiger partial charge in [-0.05, 0) is 17.7 Å². The molecule has 1 aromatic carbocycles. The minimum Gasteiger partial charge on any atom is -0.487 e. The number of ether oxygens (including phenoxy) is 1. The van der Waals surface area contributed by atoms with Crippen molar-refractivity contribution in [1.29, 1.82) is 0 Å². The second-order valence-corrected chi connectivity index (χ2v) is 5.17. The third-order valence-corrected chi connectivity index (χ3v) is 3.14. The molecule has 0 saturated carbocycles. The van der Waals surface area contributed by atoms with Gasteiger partial charge >= 0.3 is 0 Å². The van der Waals surface area contributed by atoms with E-state index in [1.165, 1.54) is 5.56 Å². The number of nitrogens with zero attached hydrogens (tertiary/aromatic N) is 1. The molecule has 0 saturated heterocycles. The summed E-state index contributed by atoms with van der Waals surface area (Å²) < 4.78 is 5.65. The van der Waals surface area contributed by atoms with Gasteiger partial charge in [-0.15, -0.1) is 11.3 Å². The van der Waals surface area contributed by atoms with Gasteiger partial charge < -0.3 is 10.1 Å². The molecule has 3 nitrogen and oxygen atoms in total. The number of thiazole rings is 1. The van der Waals surface area contributed by atoms with E-state index in [0.717, 1.165) is 18.0 Å². The lowest BCUT2D eigenvalue weighted by molar-refractivity contribution is 0.302. The fourth-order valence-electron chi connectivity index (χ4n) is 1.49. The molecule has 0 bridgehead atoms. The Morgan fingerprint density at radius 1 is 1.28 bits per heavy atom. The molecule has 0 atom stereocenters. The summed E-state index contributed by atoms with van der Waals surface area (Å²) in [4.78, 5) is 4.18. The molecule has 1 N–H and O–H groups in total. The Bertz CT molecular complexity index is 451. The zero-order chi connectivity index (χ0) is 12.8. The number of aromatic nitrogens is 1. The average Bonchev–Trinajstić information content (AvgIpc) is 2.88. The lowest BCUT2D eigenvalue weighted by Gasteiger charge is -2.09. The molecule has 1 heterocycles. The second kappa shape index (κ2) is 6.52. The summed E-state index contributed by atoms with van der Waals surface area (Å²) in [6.07, 6.45) is 0. The van der Waals surface area contributed by atoms with Gasteiger partial charge in [-0.1, -0.05) is 26.0 Å². The molecular weight excluding hydrogens is 244 g/mol. The maximum absolute atomic E-state index is 5.65. The highest BCUT2D eigenvalue weighted by molar-refractivity contribution is 7.07. The van der Waals surface area contributed by atoms with Crippen LogP contribution in [0.5, 0.6) is 5.75 Å². The van der Waals surface area contributed by atoms with Crippen LogP contribution in [0, 0.1) is 0 Å². The van der Waals surface area contributed by atoms with Crippen molar-refractivity contribution in [2.45, 2.75) is 33.0 Å². The van der Waals surface area contributed by atoms with Crippen molar-refractivity contribution in [2.75, 3.05) is 0 Å². The van der Waals surface area contributed by atoms with Crippen molar-refractivity contribution >= 4 is 11.3 Å². The summed E-state index contributed by atoms with van der Waals surface area (Å²) in [6, 6.07) is 8.69. The summed E-state index contributed by atoms with van der Waals surface area (Å²) in [6.45, 7) is 5.72. The molecule has 0 unspecified atom stereocenters. The van der Waals surface area contributed by atoms with Crippen molar-refractivity contribution in [1.82, 2.24) is 10.3 Å². The predicted molar refractivity (Wildman–Crippen MR) is 74.9 cm³/mol. The molecule has 0 fully saturated rings. The Balaban J connectivity index is 1.83. The highest BCUT2D eigenvalue weighted by Crippen LogP contribution is 2.14. The van der Waals surface area contributed by atoms with Crippen molar-refractivity contribution in [3.8, 4) is 5.75 Å². The van der Waals surface area contributed by atoms with Gasteiger partial charge in [-0.25, -0.2) is 4.98 Å². The quantitative estimate of drug-likeness (QED) is 0.868. The third kappa shape index (κ3) is 4.13. The largest absolute Gasteiger partial charge is 0.487 e. The van der Waals surface area contributed by atoms with E-state index in [-0.39, 0.29) is 0 Å². The van der Waals surface area contributed by atoms with Gasteiger partial charge in [-0.3, -0.25) is 0 Å². The number of hydrogen-bond donors (Lipinski definition) is 1. The lowest BCUT2D eigenvalue weighted by Crippen LogP contribution is -2.21. The van der Waals surface area contributed by atoms with Crippen molar-refractivity contribution in [2.24, 2.45) is 0 Å². The number of rotatable bonds is 6. The molecule has 0 radical (unpaired) electrons. The van der Waals surface area contributed by atoms with Crippen LogP contribution in [0.1, 0.15) is 25.1 Å². The number of nitrogens with one attached hydrogen (secondary N) is 1. The normalized spacial score (nSPS) is 10.8. The molecule has 2 aromatic rings. The maximum Gasteiger partial charge on any atom is 0.131 e. The van der Waals surface area contributed by atoms with Crippen LogP contribution in [0.2, 0.25) is 0 Å². The SMILES string of the molecule is CC(C)NCc1ccc(OCc2cscn2)cc1. The van der Waals surface area contributed by atoms with Gasteiger partial charge in [0.05, 0.1) is 11.2 Å². The monoisotopic (exact) mass is 262 g/mol. The summed E-state index contributed by atoms with van der Waals surface area (Å²) in [5, 5.41) is 5.39. The summed E-state index contributed by atoms with van der Waals surface area (Å²) >= 11 is 1.59. The number of benzene rings is 1. The van der Waals surface area contributed by atoms with Crippen LogP contribution in [-0.4, -0.2) is 11.0 Å². The Hall–Kier alpha value is -1.39. The first kappa shape index (κ1) is 13.1. The standard InChI is InChI=1S/C14H18N2OS/c1-11(2)15-7-12-3-5-14(6-4-12)17-8-13-9-18-10-16-13/h3-6,9-11,15H,7-8H2,1-2H3. The van der Waals surface area contributed by atoms with E-state index in [2.05, 4.69) is 36.3 Å². The molecular formula is C14H18N2OS. The van der Waals surface area contributed by atoms with Crippen LogP contribution in [0.3, 0.4) is 0 Å². The minimum atomic E-state index is 0.505. The van der Waals surface area contributed by atoms with E-state index in [1.807, 2.05) is 23.0 Å². The zero-order valence-electron chi connectivity index (χ0n) is 10.7. The second-order valence-electron chi connectivity index (χ2n) is 4.45. The van der Waals surface area contributed by atoms with E-state index >= 15 is 0 Å². The van der Waals surface area contributed by atoms with Gasteiger partial charge in [0.25, 0.3) is 0 Å². The lowest BCUT2D eigenvalue weighted by atomic mass is 10.2. The van der Waals surface area contributed by atoms with E-state index < -0.39 is 0 Å². The molecule has 1 aromatic heterocycles. The molecule has 18 heavy (non-hydrogen) atoms. The third-order valence-electron chi connectivity index (χ3n) is 2.51. The van der Waals surface area contributed by atoms with E-state index in [1.54, 1.807) is 11.3 Å². The topological polar surface area (TPSA) is 34.1 Å². The fraction of sp³-hybridized carbons (Fsp3) is 0.357. The number of hydrogen-bond acceptors (Lipinski definition) is 4. The molecule has 4 heteroatoms. The Morgan fingerprint density at radius 3 is 2.67 bits per heavy atom. The minimum absolute atomic E-state index is 0.505. The van der Waals surface area contributed by atoms with Crippen LogP contribution >= 0.6 is 11.3 Å². The van der Waals surface area contributed by atoms with E-state index in [4.69, 9.17) is 4.74 Å². The molecule has 0 aliphatic carbocycles. The Morgan fingerprint density at radius 2 is 2.06 bits per heavy atom. The molecule has 0 amide bonds. The average molecular weight is 262 g/mol. The maximum atomic E-state index is 5.65. The molecule has 0 aliphatic rings. The molecule has 0 spiro atoms. The van der Waals surface area contributed by atoms with Crippen molar-refractivity contribution in [3.05, 3.63) is 46.4 Å². The summed E-state index contributed by atoms with van der Waals surface area (Å²) in [5.74, 6) is 0.885. The smallest absolute Gasteiger partial charge is 0.131 e. The Kier molecular flexibility index (Phi) is 4.73. The Labute approximate surface area is 112 Å². The zero-order valence-corrected chi connectivity index (χ0v) is 11.5. The van der Waals surface area contributed by atoms with Crippen LogP contribution in [0.15, 0.2) is 35.2 Å². The highest BCUT2D eigenvalue weighted by Gasteiger charge is 1.99. The summed E-state index contributed by atoms with van der Waals surface area (Å²) in [7, 11) is 0. The predicted octanol–water partition coefficient (Wildman–Crippen LogP) is 3.22. The van der Waals surface area contributed by atoms with E-state index in [9.17, 15) is 0 Å². The fourth-order valence-corrected chi connectivity index (χ4v) is 2.03. The first-order valence-corrected chi connectivity index (χ1v) is 7.00. The van der Waals surface area contributed by atoms with Crippen LogP contribution in [0.25, 0.3) is 0 Å². The van der Waals surface area contributed by atoms with Crippen molar-refractivity contribution in [3.63, 3.8) is 0 Å². The first-order chi connectivity index (χ1) is 8.74. The molecule has 96 valence electrons. The van der Waals surface area contributed by atoms with Gasteiger partial charge in [0, 0.05) is 18.0 Å². The van der Waals surface area contributed by atoms with Crippen LogP contribution in [-0.2, 0) is 13.2 Å². The van der Waals surface area contributed by atoms with E-state index in [0.29, 0.717) is 12.6 Å². The molecule has 0 aliphatic heterocycles.